The van der Waals surface area contributed by atoms with Crippen LogP contribution in [0.2, 0.25) is 0 Å². The number of rotatable bonds is 3. The van der Waals surface area contributed by atoms with Gasteiger partial charge in [0.15, 0.2) is 5.11 Å². The van der Waals surface area contributed by atoms with Gasteiger partial charge in [-0.25, -0.2) is 4.98 Å². The number of hydrogen-bond acceptors (Lipinski definition) is 3. The zero-order valence-electron chi connectivity index (χ0n) is 9.34. The average Bonchev–Trinajstić information content (AvgIpc) is 2.83. The smallest absolute Gasteiger partial charge is 0.171 e. The highest BCUT2D eigenvalue weighted by Crippen LogP contribution is 2.07. The van der Waals surface area contributed by atoms with Crippen molar-refractivity contribution in [3.8, 4) is 0 Å². The molecule has 0 bridgehead atoms. The Morgan fingerprint density at radius 2 is 2.12 bits per heavy atom. The summed E-state index contributed by atoms with van der Waals surface area (Å²) >= 11 is 5.20. The van der Waals surface area contributed by atoms with Crippen molar-refractivity contribution in [3.63, 3.8) is 0 Å². The van der Waals surface area contributed by atoms with Crippen molar-refractivity contribution in [2.75, 3.05) is 5.32 Å². The maximum Gasteiger partial charge on any atom is 0.171 e. The summed E-state index contributed by atoms with van der Waals surface area (Å²) in [5.74, 6) is 0.752. The van der Waals surface area contributed by atoms with Crippen LogP contribution in [0.5, 0.6) is 0 Å². The van der Waals surface area contributed by atoms with E-state index in [1.54, 1.807) is 0 Å². The van der Waals surface area contributed by atoms with Crippen LogP contribution in [0.3, 0.4) is 0 Å². The second-order valence-corrected chi connectivity index (χ2v) is 3.97. The third kappa shape index (κ3) is 3.25. The van der Waals surface area contributed by atoms with Gasteiger partial charge in [-0.05, 0) is 31.3 Å². The summed E-state index contributed by atoms with van der Waals surface area (Å²) in [6.07, 6.45) is 1.47. The number of aromatic amines is 1. The van der Waals surface area contributed by atoms with Crippen LogP contribution in [0.1, 0.15) is 18.8 Å². The maximum absolute atomic E-state index is 5.20. The van der Waals surface area contributed by atoms with Crippen molar-refractivity contribution in [2.24, 2.45) is 0 Å². The largest absolute Gasteiger partial charge is 0.353 e. The number of nitrogens with one attached hydrogen (secondary N) is 3. The summed E-state index contributed by atoms with van der Waals surface area (Å²) in [7, 11) is 0. The molecule has 5 nitrogen and oxygen atoms in total. The topological polar surface area (TPSA) is 65.6 Å². The first-order valence-electron chi connectivity index (χ1n) is 5.23. The van der Waals surface area contributed by atoms with E-state index in [9.17, 15) is 0 Å². The van der Waals surface area contributed by atoms with Gasteiger partial charge in [-0.2, -0.15) is 5.10 Å². The SMILES string of the molecule is CC(NC(=S)Nc1ccccc1)c1ncn[nH]1. The molecule has 0 saturated carbocycles. The van der Waals surface area contributed by atoms with Gasteiger partial charge in [-0.3, -0.25) is 5.10 Å². The molecule has 88 valence electrons. The fraction of sp³-hybridized carbons (Fsp3) is 0.182. The molecule has 1 unspecified atom stereocenters. The van der Waals surface area contributed by atoms with Crippen molar-refractivity contribution in [1.82, 2.24) is 20.5 Å². The first-order chi connectivity index (χ1) is 8.25. The molecule has 0 aliphatic carbocycles. The highest BCUT2D eigenvalue weighted by atomic mass is 32.1. The number of nitrogens with zero attached hydrogens (tertiary/aromatic N) is 2. The number of anilines is 1. The summed E-state index contributed by atoms with van der Waals surface area (Å²) in [5.41, 5.74) is 0.953. The van der Waals surface area contributed by atoms with Gasteiger partial charge in [0.2, 0.25) is 0 Å². The highest BCUT2D eigenvalue weighted by Gasteiger charge is 2.09. The second kappa shape index (κ2) is 5.40. The van der Waals surface area contributed by atoms with Crippen LogP contribution in [0.25, 0.3) is 0 Å². The quantitative estimate of drug-likeness (QED) is 0.722. The molecule has 0 aliphatic heterocycles. The van der Waals surface area contributed by atoms with Gasteiger partial charge in [-0.15, -0.1) is 0 Å². The van der Waals surface area contributed by atoms with Gasteiger partial charge in [0.25, 0.3) is 0 Å². The molecule has 0 saturated heterocycles. The van der Waals surface area contributed by atoms with Gasteiger partial charge >= 0.3 is 0 Å². The Balaban J connectivity index is 1.90. The third-order valence-corrected chi connectivity index (χ3v) is 2.44. The number of thiocarbonyl (C=S) groups is 1. The molecule has 0 fully saturated rings. The molecule has 1 aromatic carbocycles. The van der Waals surface area contributed by atoms with E-state index < -0.39 is 0 Å². The Morgan fingerprint density at radius 3 is 2.76 bits per heavy atom. The van der Waals surface area contributed by atoms with Gasteiger partial charge in [0, 0.05) is 5.69 Å². The summed E-state index contributed by atoms with van der Waals surface area (Å²) < 4.78 is 0. The lowest BCUT2D eigenvalue weighted by molar-refractivity contribution is 0.671. The first kappa shape index (κ1) is 11.5. The van der Waals surface area contributed by atoms with E-state index >= 15 is 0 Å². The Bertz CT molecular complexity index is 468. The predicted molar refractivity (Wildman–Crippen MR) is 70.6 cm³/mol. The second-order valence-electron chi connectivity index (χ2n) is 3.56. The number of aromatic nitrogens is 3. The zero-order chi connectivity index (χ0) is 12.1. The summed E-state index contributed by atoms with van der Waals surface area (Å²) in [5, 5.41) is 13.4. The van der Waals surface area contributed by atoms with E-state index in [0.29, 0.717) is 5.11 Å². The van der Waals surface area contributed by atoms with Crippen LogP contribution in [-0.4, -0.2) is 20.3 Å². The molecular formula is C11H13N5S. The Labute approximate surface area is 105 Å². The monoisotopic (exact) mass is 247 g/mol. The molecule has 0 radical (unpaired) electrons. The zero-order valence-corrected chi connectivity index (χ0v) is 10.2. The fourth-order valence-electron chi connectivity index (χ4n) is 1.38. The van der Waals surface area contributed by atoms with E-state index in [1.807, 2.05) is 37.3 Å². The summed E-state index contributed by atoms with van der Waals surface area (Å²) in [6, 6.07) is 9.75. The molecule has 0 aliphatic rings. The van der Waals surface area contributed by atoms with Gasteiger partial charge in [0.05, 0.1) is 6.04 Å². The van der Waals surface area contributed by atoms with Crippen LogP contribution in [0.4, 0.5) is 5.69 Å². The number of H-pyrrole nitrogens is 1. The molecule has 1 heterocycles. The number of benzene rings is 1. The number of para-hydroxylation sites is 1. The van der Waals surface area contributed by atoms with Crippen molar-refractivity contribution in [2.45, 2.75) is 13.0 Å². The predicted octanol–water partition coefficient (Wildman–Crippen LogP) is 1.85. The van der Waals surface area contributed by atoms with E-state index in [0.717, 1.165) is 11.5 Å². The molecule has 2 aromatic rings. The van der Waals surface area contributed by atoms with Gasteiger partial charge in [-0.1, -0.05) is 18.2 Å². The lowest BCUT2D eigenvalue weighted by Crippen LogP contribution is -2.31. The lowest BCUT2D eigenvalue weighted by atomic mass is 10.3. The molecule has 0 spiro atoms. The minimum atomic E-state index is -0.0128. The maximum atomic E-state index is 5.20. The van der Waals surface area contributed by atoms with Crippen LogP contribution in [0.15, 0.2) is 36.7 Å². The molecule has 2 rings (SSSR count). The van der Waals surface area contributed by atoms with Crippen LogP contribution in [0, 0.1) is 0 Å². The van der Waals surface area contributed by atoms with Crippen molar-refractivity contribution >= 4 is 23.0 Å². The molecular weight excluding hydrogens is 234 g/mol. The van der Waals surface area contributed by atoms with E-state index in [-0.39, 0.29) is 6.04 Å². The number of hydrogen-bond donors (Lipinski definition) is 3. The Kier molecular flexibility index (Phi) is 3.66. The highest BCUT2D eigenvalue weighted by molar-refractivity contribution is 7.80. The Hall–Kier alpha value is -1.95. The van der Waals surface area contributed by atoms with Crippen molar-refractivity contribution in [1.29, 1.82) is 0 Å². The molecule has 1 aromatic heterocycles. The van der Waals surface area contributed by atoms with Crippen molar-refractivity contribution in [3.05, 3.63) is 42.5 Å². The van der Waals surface area contributed by atoms with Crippen LogP contribution < -0.4 is 10.6 Å². The first-order valence-corrected chi connectivity index (χ1v) is 5.64. The molecule has 6 heteroatoms. The fourth-order valence-corrected chi connectivity index (χ4v) is 1.67. The molecule has 1 atom stereocenters. The molecule has 3 N–H and O–H groups in total. The van der Waals surface area contributed by atoms with Crippen molar-refractivity contribution < 1.29 is 0 Å². The van der Waals surface area contributed by atoms with Gasteiger partial charge < -0.3 is 10.6 Å². The van der Waals surface area contributed by atoms with E-state index in [4.69, 9.17) is 12.2 Å². The normalized spacial score (nSPS) is 11.8. The minimum absolute atomic E-state index is 0.0128. The van der Waals surface area contributed by atoms with E-state index in [1.165, 1.54) is 6.33 Å². The summed E-state index contributed by atoms with van der Waals surface area (Å²) in [6.45, 7) is 1.96. The third-order valence-electron chi connectivity index (χ3n) is 2.22. The standard InChI is InChI=1S/C11H13N5S/c1-8(10-12-7-13-16-10)14-11(17)15-9-5-3-2-4-6-9/h2-8H,1H3,(H,12,13,16)(H2,14,15,17). The Morgan fingerprint density at radius 1 is 1.35 bits per heavy atom. The van der Waals surface area contributed by atoms with Crippen LogP contribution >= 0.6 is 12.2 Å². The summed E-state index contributed by atoms with van der Waals surface area (Å²) in [4.78, 5) is 4.06. The minimum Gasteiger partial charge on any atom is -0.353 e. The molecule has 0 amide bonds. The average molecular weight is 247 g/mol. The van der Waals surface area contributed by atoms with Crippen LogP contribution in [-0.2, 0) is 0 Å². The van der Waals surface area contributed by atoms with Gasteiger partial charge in [0.1, 0.15) is 12.2 Å². The lowest BCUT2D eigenvalue weighted by Gasteiger charge is -2.14. The molecule has 17 heavy (non-hydrogen) atoms. The van der Waals surface area contributed by atoms with E-state index in [2.05, 4.69) is 25.8 Å².